The van der Waals surface area contributed by atoms with Crippen molar-refractivity contribution >= 4 is 11.7 Å². The van der Waals surface area contributed by atoms with Crippen LogP contribution in [-0.4, -0.2) is 18.3 Å². The summed E-state index contributed by atoms with van der Waals surface area (Å²) >= 11 is 0. The van der Waals surface area contributed by atoms with E-state index < -0.39 is 0 Å². The average Bonchev–Trinajstić information content (AvgIpc) is 2.31. The minimum Gasteiger partial charge on any atom is -0.313 e. The Morgan fingerprint density at radius 1 is 1.64 bits per heavy atom. The second-order valence-corrected chi connectivity index (χ2v) is 3.24. The molecule has 0 atom stereocenters. The number of rotatable bonds is 3. The highest BCUT2D eigenvalue weighted by atomic mass is 16.2. The molecular weight excluding hydrogens is 140 g/mol. The molecule has 0 saturated heterocycles. The zero-order chi connectivity index (χ0) is 8.27. The summed E-state index contributed by atoms with van der Waals surface area (Å²) in [6, 6.07) is 0. The van der Waals surface area contributed by atoms with E-state index in [0.717, 1.165) is 18.7 Å². The van der Waals surface area contributed by atoms with Crippen molar-refractivity contribution in [3.8, 4) is 0 Å². The second-order valence-electron chi connectivity index (χ2n) is 3.24. The van der Waals surface area contributed by atoms with E-state index in [2.05, 4.69) is 24.2 Å². The molecule has 1 aliphatic rings. The SMILES string of the molecule is CC(C)CCC1=NCC(=O)N1. The zero-order valence-electron chi connectivity index (χ0n) is 7.05. The van der Waals surface area contributed by atoms with Crippen molar-refractivity contribution < 1.29 is 4.79 Å². The van der Waals surface area contributed by atoms with Crippen LogP contribution in [0.5, 0.6) is 0 Å². The monoisotopic (exact) mass is 154 g/mol. The van der Waals surface area contributed by atoms with Gasteiger partial charge in [0.15, 0.2) is 0 Å². The van der Waals surface area contributed by atoms with Crippen molar-refractivity contribution in [2.24, 2.45) is 10.9 Å². The van der Waals surface area contributed by atoms with Crippen LogP contribution in [0.3, 0.4) is 0 Å². The minimum absolute atomic E-state index is 0.0313. The summed E-state index contributed by atoms with van der Waals surface area (Å²) < 4.78 is 0. The summed E-state index contributed by atoms with van der Waals surface area (Å²) in [5.74, 6) is 1.57. The first kappa shape index (κ1) is 8.24. The number of hydrogen-bond donors (Lipinski definition) is 1. The lowest BCUT2D eigenvalue weighted by Gasteiger charge is -2.03. The van der Waals surface area contributed by atoms with Crippen molar-refractivity contribution in [3.05, 3.63) is 0 Å². The number of aliphatic imine (C=N–C) groups is 1. The summed E-state index contributed by atoms with van der Waals surface area (Å²) in [4.78, 5) is 14.7. The highest BCUT2D eigenvalue weighted by Crippen LogP contribution is 2.05. The van der Waals surface area contributed by atoms with Gasteiger partial charge in [0.1, 0.15) is 12.4 Å². The van der Waals surface area contributed by atoms with Crippen LogP contribution in [0.4, 0.5) is 0 Å². The molecule has 1 amide bonds. The molecule has 0 radical (unpaired) electrons. The van der Waals surface area contributed by atoms with Crippen LogP contribution in [-0.2, 0) is 4.79 Å². The van der Waals surface area contributed by atoms with Crippen LogP contribution >= 0.6 is 0 Å². The zero-order valence-corrected chi connectivity index (χ0v) is 7.05. The van der Waals surface area contributed by atoms with Gasteiger partial charge < -0.3 is 5.32 Å². The number of amides is 1. The molecule has 62 valence electrons. The van der Waals surface area contributed by atoms with E-state index in [4.69, 9.17) is 0 Å². The number of carbonyl (C=O) groups is 1. The van der Waals surface area contributed by atoms with Gasteiger partial charge in [-0.05, 0) is 12.3 Å². The summed E-state index contributed by atoms with van der Waals surface area (Å²) in [7, 11) is 0. The maximum atomic E-state index is 10.7. The topological polar surface area (TPSA) is 41.5 Å². The van der Waals surface area contributed by atoms with Crippen LogP contribution in [0.15, 0.2) is 4.99 Å². The first-order valence-electron chi connectivity index (χ1n) is 4.01. The van der Waals surface area contributed by atoms with E-state index in [1.54, 1.807) is 0 Å². The fourth-order valence-electron chi connectivity index (χ4n) is 0.974. The Hall–Kier alpha value is -0.860. The number of nitrogens with one attached hydrogen (secondary N) is 1. The van der Waals surface area contributed by atoms with E-state index in [1.807, 2.05) is 0 Å². The minimum atomic E-state index is 0.0313. The molecule has 0 fully saturated rings. The molecule has 0 unspecified atom stereocenters. The summed E-state index contributed by atoms with van der Waals surface area (Å²) in [5, 5.41) is 2.72. The van der Waals surface area contributed by atoms with Gasteiger partial charge >= 0.3 is 0 Å². The largest absolute Gasteiger partial charge is 0.313 e. The predicted molar refractivity (Wildman–Crippen MR) is 44.5 cm³/mol. The van der Waals surface area contributed by atoms with Gasteiger partial charge in [-0.1, -0.05) is 13.8 Å². The number of hydrogen-bond acceptors (Lipinski definition) is 2. The maximum Gasteiger partial charge on any atom is 0.246 e. The molecule has 1 N–H and O–H groups in total. The normalized spacial score (nSPS) is 17.0. The van der Waals surface area contributed by atoms with Gasteiger partial charge in [-0.15, -0.1) is 0 Å². The van der Waals surface area contributed by atoms with Gasteiger partial charge in [-0.3, -0.25) is 9.79 Å². The van der Waals surface area contributed by atoms with Gasteiger partial charge in [0.2, 0.25) is 5.91 Å². The Morgan fingerprint density at radius 2 is 2.36 bits per heavy atom. The summed E-state index contributed by atoms with van der Waals surface area (Å²) in [6.45, 7) is 4.65. The Kier molecular flexibility index (Phi) is 2.63. The smallest absolute Gasteiger partial charge is 0.246 e. The van der Waals surface area contributed by atoms with E-state index in [9.17, 15) is 4.79 Å². The summed E-state index contributed by atoms with van der Waals surface area (Å²) in [5.41, 5.74) is 0. The lowest BCUT2D eigenvalue weighted by Crippen LogP contribution is -2.24. The standard InChI is InChI=1S/C8H14N2O/c1-6(2)3-4-7-9-5-8(11)10-7/h6H,3-5H2,1-2H3,(H,9,10,11). The molecule has 3 nitrogen and oxygen atoms in total. The lowest BCUT2D eigenvalue weighted by molar-refractivity contribution is -0.117. The third kappa shape index (κ3) is 2.70. The molecule has 0 bridgehead atoms. The number of carbonyl (C=O) groups excluding carboxylic acids is 1. The first-order valence-corrected chi connectivity index (χ1v) is 4.01. The fraction of sp³-hybridized carbons (Fsp3) is 0.750. The Balaban J connectivity index is 2.23. The molecule has 0 aromatic carbocycles. The Bertz CT molecular complexity index is 185. The molecule has 0 aromatic rings. The van der Waals surface area contributed by atoms with E-state index in [0.29, 0.717) is 12.5 Å². The molecule has 3 heteroatoms. The van der Waals surface area contributed by atoms with Gasteiger partial charge in [-0.25, -0.2) is 0 Å². The second kappa shape index (κ2) is 3.51. The molecule has 1 aliphatic heterocycles. The van der Waals surface area contributed by atoms with E-state index >= 15 is 0 Å². The third-order valence-corrected chi connectivity index (χ3v) is 1.66. The Labute approximate surface area is 66.9 Å². The average molecular weight is 154 g/mol. The van der Waals surface area contributed by atoms with Crippen molar-refractivity contribution in [3.63, 3.8) is 0 Å². The lowest BCUT2D eigenvalue weighted by atomic mass is 10.1. The fourth-order valence-corrected chi connectivity index (χ4v) is 0.974. The molecule has 0 spiro atoms. The van der Waals surface area contributed by atoms with Crippen LogP contribution in [0.25, 0.3) is 0 Å². The highest BCUT2D eigenvalue weighted by Gasteiger charge is 2.12. The van der Waals surface area contributed by atoms with Crippen molar-refractivity contribution in [1.29, 1.82) is 0 Å². The molecular formula is C8H14N2O. The van der Waals surface area contributed by atoms with Crippen LogP contribution in [0.1, 0.15) is 26.7 Å². The van der Waals surface area contributed by atoms with Gasteiger partial charge in [-0.2, -0.15) is 0 Å². The summed E-state index contributed by atoms with van der Waals surface area (Å²) in [6.07, 6.45) is 2.00. The number of amidine groups is 1. The Morgan fingerprint density at radius 3 is 2.82 bits per heavy atom. The third-order valence-electron chi connectivity index (χ3n) is 1.66. The van der Waals surface area contributed by atoms with E-state index in [1.165, 1.54) is 0 Å². The molecule has 11 heavy (non-hydrogen) atoms. The molecule has 0 aliphatic carbocycles. The molecule has 1 heterocycles. The van der Waals surface area contributed by atoms with Crippen molar-refractivity contribution in [1.82, 2.24) is 5.32 Å². The first-order chi connectivity index (χ1) is 5.18. The van der Waals surface area contributed by atoms with Crippen LogP contribution < -0.4 is 5.32 Å². The van der Waals surface area contributed by atoms with Crippen LogP contribution in [0, 0.1) is 5.92 Å². The molecule has 1 rings (SSSR count). The van der Waals surface area contributed by atoms with Crippen molar-refractivity contribution in [2.75, 3.05) is 6.54 Å². The van der Waals surface area contributed by atoms with Gasteiger partial charge in [0.05, 0.1) is 0 Å². The predicted octanol–water partition coefficient (Wildman–Crippen LogP) is 0.951. The maximum absolute atomic E-state index is 10.7. The van der Waals surface area contributed by atoms with Gasteiger partial charge in [0, 0.05) is 6.42 Å². The number of nitrogens with zero attached hydrogens (tertiary/aromatic N) is 1. The van der Waals surface area contributed by atoms with Gasteiger partial charge in [0.25, 0.3) is 0 Å². The highest BCUT2D eigenvalue weighted by molar-refractivity contribution is 6.03. The van der Waals surface area contributed by atoms with E-state index in [-0.39, 0.29) is 5.91 Å². The quantitative estimate of drug-likeness (QED) is 0.646. The van der Waals surface area contributed by atoms with Crippen LogP contribution in [0.2, 0.25) is 0 Å². The molecule has 0 saturated carbocycles. The van der Waals surface area contributed by atoms with Crippen molar-refractivity contribution in [2.45, 2.75) is 26.7 Å². The molecule has 0 aromatic heterocycles.